The average molecular weight is 430 g/mol. The van der Waals surface area contributed by atoms with E-state index in [0.29, 0.717) is 30.8 Å². The van der Waals surface area contributed by atoms with Crippen LogP contribution in [0.5, 0.6) is 5.75 Å². The van der Waals surface area contributed by atoms with Crippen molar-refractivity contribution in [3.63, 3.8) is 0 Å². The first-order valence-electron chi connectivity index (χ1n) is 10.5. The summed E-state index contributed by atoms with van der Waals surface area (Å²) in [5, 5.41) is 9.17. The SMILES string of the molecule is CCNC(=NCc1cc(F)ccc1F)NCCc1ccc(OCC(=O)NC2CC2)cc1. The Morgan fingerprint density at radius 1 is 1.13 bits per heavy atom. The Kier molecular flexibility index (Phi) is 8.20. The molecule has 0 aliphatic heterocycles. The van der Waals surface area contributed by atoms with E-state index in [4.69, 9.17) is 4.74 Å². The van der Waals surface area contributed by atoms with E-state index in [1.165, 1.54) is 0 Å². The van der Waals surface area contributed by atoms with Gasteiger partial charge in [-0.15, -0.1) is 0 Å². The summed E-state index contributed by atoms with van der Waals surface area (Å²) in [4.78, 5) is 16.0. The molecular weight excluding hydrogens is 402 g/mol. The number of carbonyl (C=O) groups excluding carboxylic acids is 1. The second-order valence-electron chi connectivity index (χ2n) is 7.38. The number of nitrogens with zero attached hydrogens (tertiary/aromatic N) is 1. The highest BCUT2D eigenvalue weighted by Gasteiger charge is 2.23. The van der Waals surface area contributed by atoms with Crippen molar-refractivity contribution in [1.29, 1.82) is 0 Å². The molecule has 31 heavy (non-hydrogen) atoms. The largest absolute Gasteiger partial charge is 0.484 e. The molecule has 166 valence electrons. The molecule has 1 fully saturated rings. The maximum Gasteiger partial charge on any atom is 0.258 e. The van der Waals surface area contributed by atoms with Gasteiger partial charge in [0.05, 0.1) is 6.54 Å². The van der Waals surface area contributed by atoms with Crippen molar-refractivity contribution in [2.45, 2.75) is 38.8 Å². The van der Waals surface area contributed by atoms with Crippen LogP contribution in [-0.4, -0.2) is 37.6 Å². The number of ether oxygens (including phenoxy) is 1. The molecule has 0 atom stereocenters. The molecular formula is C23H28F2N4O2. The van der Waals surface area contributed by atoms with Crippen LogP contribution < -0.4 is 20.7 Å². The smallest absolute Gasteiger partial charge is 0.258 e. The number of amides is 1. The Hall–Kier alpha value is -3.16. The Morgan fingerprint density at radius 3 is 2.61 bits per heavy atom. The van der Waals surface area contributed by atoms with Crippen LogP contribution >= 0.6 is 0 Å². The van der Waals surface area contributed by atoms with Crippen molar-refractivity contribution in [3.05, 3.63) is 65.2 Å². The molecule has 2 aromatic carbocycles. The van der Waals surface area contributed by atoms with Gasteiger partial charge in [0.25, 0.3) is 5.91 Å². The van der Waals surface area contributed by atoms with E-state index in [-0.39, 0.29) is 24.6 Å². The fourth-order valence-electron chi connectivity index (χ4n) is 2.89. The van der Waals surface area contributed by atoms with Gasteiger partial charge in [0.1, 0.15) is 17.4 Å². The van der Waals surface area contributed by atoms with Crippen LogP contribution in [0.25, 0.3) is 0 Å². The Balaban J connectivity index is 1.44. The zero-order valence-corrected chi connectivity index (χ0v) is 17.6. The molecule has 0 radical (unpaired) electrons. The average Bonchev–Trinajstić information content (AvgIpc) is 3.57. The fraction of sp³-hybridized carbons (Fsp3) is 0.391. The summed E-state index contributed by atoms with van der Waals surface area (Å²) in [6.07, 6.45) is 2.84. The highest BCUT2D eigenvalue weighted by atomic mass is 19.1. The van der Waals surface area contributed by atoms with Gasteiger partial charge in [-0.2, -0.15) is 0 Å². The van der Waals surface area contributed by atoms with E-state index in [0.717, 1.165) is 43.0 Å². The first-order valence-corrected chi connectivity index (χ1v) is 10.5. The van der Waals surface area contributed by atoms with Gasteiger partial charge < -0.3 is 20.7 Å². The summed E-state index contributed by atoms with van der Waals surface area (Å²) in [5.41, 5.74) is 1.30. The highest BCUT2D eigenvalue weighted by molar-refractivity contribution is 5.79. The number of halogens is 2. The molecule has 0 heterocycles. The number of rotatable bonds is 10. The van der Waals surface area contributed by atoms with Gasteiger partial charge in [0, 0.05) is 24.7 Å². The summed E-state index contributed by atoms with van der Waals surface area (Å²) in [5.74, 6) is 0.125. The molecule has 0 spiro atoms. The first kappa shape index (κ1) is 22.5. The summed E-state index contributed by atoms with van der Waals surface area (Å²) < 4.78 is 32.6. The van der Waals surface area contributed by atoms with Gasteiger partial charge in [0.2, 0.25) is 0 Å². The second kappa shape index (κ2) is 11.3. The molecule has 8 heteroatoms. The monoisotopic (exact) mass is 430 g/mol. The zero-order valence-electron chi connectivity index (χ0n) is 17.6. The minimum absolute atomic E-state index is 0.0197. The van der Waals surface area contributed by atoms with Gasteiger partial charge >= 0.3 is 0 Å². The lowest BCUT2D eigenvalue weighted by atomic mass is 10.1. The molecule has 6 nitrogen and oxygen atoms in total. The van der Waals surface area contributed by atoms with Crippen molar-refractivity contribution in [2.24, 2.45) is 4.99 Å². The molecule has 3 rings (SSSR count). The van der Waals surface area contributed by atoms with E-state index in [1.54, 1.807) is 0 Å². The third kappa shape index (κ3) is 7.88. The topological polar surface area (TPSA) is 74.8 Å². The van der Waals surface area contributed by atoms with E-state index in [9.17, 15) is 13.6 Å². The van der Waals surface area contributed by atoms with Crippen molar-refractivity contribution in [2.75, 3.05) is 19.7 Å². The molecule has 0 bridgehead atoms. The second-order valence-corrected chi connectivity index (χ2v) is 7.38. The minimum atomic E-state index is -0.486. The van der Waals surface area contributed by atoms with Gasteiger partial charge in [-0.3, -0.25) is 4.79 Å². The Bertz CT molecular complexity index is 899. The van der Waals surface area contributed by atoms with Crippen molar-refractivity contribution < 1.29 is 18.3 Å². The van der Waals surface area contributed by atoms with Gasteiger partial charge in [-0.1, -0.05) is 12.1 Å². The molecule has 0 aromatic heterocycles. The van der Waals surface area contributed by atoms with Crippen LogP contribution in [0.1, 0.15) is 30.9 Å². The Morgan fingerprint density at radius 2 is 1.90 bits per heavy atom. The third-order valence-corrected chi connectivity index (χ3v) is 4.70. The van der Waals surface area contributed by atoms with Gasteiger partial charge in [0.15, 0.2) is 12.6 Å². The lowest BCUT2D eigenvalue weighted by Crippen LogP contribution is -2.38. The molecule has 0 unspecified atom stereocenters. The maximum atomic E-state index is 13.8. The van der Waals surface area contributed by atoms with E-state index >= 15 is 0 Å². The summed E-state index contributed by atoms with van der Waals surface area (Å²) >= 11 is 0. The summed E-state index contributed by atoms with van der Waals surface area (Å²) in [6.45, 7) is 3.26. The number of aliphatic imine (C=N–C) groups is 1. The molecule has 1 amide bonds. The van der Waals surface area contributed by atoms with Gasteiger partial charge in [-0.05, 0) is 62.1 Å². The Labute approximate surface area is 181 Å². The normalized spacial score (nSPS) is 13.6. The van der Waals surface area contributed by atoms with Crippen LogP contribution in [0.15, 0.2) is 47.5 Å². The highest BCUT2D eigenvalue weighted by Crippen LogP contribution is 2.18. The third-order valence-electron chi connectivity index (χ3n) is 4.70. The van der Waals surface area contributed by atoms with Crippen LogP contribution in [0.4, 0.5) is 8.78 Å². The van der Waals surface area contributed by atoms with E-state index in [2.05, 4.69) is 20.9 Å². The van der Waals surface area contributed by atoms with Crippen LogP contribution in [0, 0.1) is 11.6 Å². The fourth-order valence-corrected chi connectivity index (χ4v) is 2.89. The van der Waals surface area contributed by atoms with E-state index < -0.39 is 11.6 Å². The number of nitrogens with one attached hydrogen (secondary N) is 3. The van der Waals surface area contributed by atoms with Gasteiger partial charge in [-0.25, -0.2) is 13.8 Å². The van der Waals surface area contributed by atoms with Crippen LogP contribution in [0.2, 0.25) is 0 Å². The molecule has 1 aliphatic carbocycles. The molecule has 0 saturated heterocycles. The maximum absolute atomic E-state index is 13.8. The molecule has 3 N–H and O–H groups in total. The molecule has 2 aromatic rings. The quantitative estimate of drug-likeness (QED) is 0.400. The molecule has 1 aliphatic rings. The van der Waals surface area contributed by atoms with Crippen LogP contribution in [0.3, 0.4) is 0 Å². The number of hydrogen-bond donors (Lipinski definition) is 3. The number of hydrogen-bond acceptors (Lipinski definition) is 3. The van der Waals surface area contributed by atoms with E-state index in [1.807, 2.05) is 31.2 Å². The number of benzene rings is 2. The summed E-state index contributed by atoms with van der Waals surface area (Å²) in [7, 11) is 0. The zero-order chi connectivity index (χ0) is 22.1. The van der Waals surface area contributed by atoms with Crippen LogP contribution in [-0.2, 0) is 17.8 Å². The van der Waals surface area contributed by atoms with Crippen molar-refractivity contribution in [3.8, 4) is 5.75 Å². The first-order chi connectivity index (χ1) is 15.0. The standard InChI is InChI=1S/C23H28F2N4O2/c1-2-26-23(28-14-17-13-18(24)5-10-21(17)25)27-12-11-16-3-8-20(9-4-16)31-15-22(30)29-19-6-7-19/h3-5,8-10,13,19H,2,6-7,11-12,14-15H2,1H3,(H,29,30)(H2,26,27,28). The summed E-state index contributed by atoms with van der Waals surface area (Å²) in [6, 6.07) is 11.2. The lowest BCUT2D eigenvalue weighted by molar-refractivity contribution is -0.123. The number of carbonyl (C=O) groups is 1. The number of guanidine groups is 1. The van der Waals surface area contributed by atoms with Crippen molar-refractivity contribution >= 4 is 11.9 Å². The lowest BCUT2D eigenvalue weighted by Gasteiger charge is -2.12. The predicted molar refractivity (Wildman–Crippen MR) is 116 cm³/mol. The molecule has 1 saturated carbocycles. The minimum Gasteiger partial charge on any atom is -0.484 e. The van der Waals surface area contributed by atoms with Crippen molar-refractivity contribution in [1.82, 2.24) is 16.0 Å². The predicted octanol–water partition coefficient (Wildman–Crippen LogP) is 2.92.